The van der Waals surface area contributed by atoms with E-state index in [1.165, 1.54) is 11.1 Å². The van der Waals surface area contributed by atoms with Crippen molar-refractivity contribution in [1.82, 2.24) is 5.32 Å². The summed E-state index contributed by atoms with van der Waals surface area (Å²) >= 11 is 12.3. The van der Waals surface area contributed by atoms with Crippen molar-refractivity contribution in [2.45, 2.75) is 37.8 Å². The van der Waals surface area contributed by atoms with Gasteiger partial charge >= 0.3 is 0 Å². The molecule has 1 unspecified atom stereocenters. The highest BCUT2D eigenvalue weighted by Crippen LogP contribution is 2.40. The van der Waals surface area contributed by atoms with Gasteiger partial charge in [0.1, 0.15) is 0 Å². The van der Waals surface area contributed by atoms with E-state index in [2.05, 4.69) is 30.4 Å². The highest BCUT2D eigenvalue weighted by molar-refractivity contribution is 6.31. The lowest BCUT2D eigenvalue weighted by molar-refractivity contribution is 0.271. The zero-order chi connectivity index (χ0) is 14.8. The van der Waals surface area contributed by atoms with E-state index in [-0.39, 0.29) is 0 Å². The SMILES string of the molecule is CC(NC1CC(c2ccccc2Cl)C1)c1cccc(Cl)c1. The zero-order valence-corrected chi connectivity index (χ0v) is 13.5. The second kappa shape index (κ2) is 6.39. The van der Waals surface area contributed by atoms with Crippen LogP contribution in [0.25, 0.3) is 0 Å². The van der Waals surface area contributed by atoms with Crippen molar-refractivity contribution >= 4 is 23.2 Å². The molecular weight excluding hydrogens is 301 g/mol. The van der Waals surface area contributed by atoms with Crippen LogP contribution >= 0.6 is 23.2 Å². The van der Waals surface area contributed by atoms with Gasteiger partial charge in [-0.05, 0) is 55.0 Å². The topological polar surface area (TPSA) is 12.0 Å². The molecule has 0 radical (unpaired) electrons. The molecule has 2 aromatic rings. The Kier molecular flexibility index (Phi) is 4.54. The Morgan fingerprint density at radius 3 is 2.52 bits per heavy atom. The van der Waals surface area contributed by atoms with Crippen LogP contribution in [0.15, 0.2) is 48.5 Å². The van der Waals surface area contributed by atoms with Crippen molar-refractivity contribution in [3.05, 3.63) is 69.7 Å². The van der Waals surface area contributed by atoms with Gasteiger partial charge in [-0.1, -0.05) is 53.5 Å². The van der Waals surface area contributed by atoms with E-state index in [1.54, 1.807) is 0 Å². The van der Waals surface area contributed by atoms with Crippen LogP contribution < -0.4 is 5.32 Å². The van der Waals surface area contributed by atoms with Gasteiger partial charge in [0.05, 0.1) is 0 Å². The molecule has 1 nitrogen and oxygen atoms in total. The molecule has 110 valence electrons. The van der Waals surface area contributed by atoms with Crippen molar-refractivity contribution in [2.24, 2.45) is 0 Å². The fraction of sp³-hybridized carbons (Fsp3) is 0.333. The normalized spacial score (nSPS) is 22.6. The lowest BCUT2D eigenvalue weighted by Crippen LogP contribution is -2.41. The van der Waals surface area contributed by atoms with Crippen LogP contribution in [-0.4, -0.2) is 6.04 Å². The average Bonchev–Trinajstić information content (AvgIpc) is 2.43. The molecule has 3 rings (SSSR count). The second-order valence-corrected chi connectivity index (χ2v) is 6.67. The monoisotopic (exact) mass is 319 g/mol. The quantitative estimate of drug-likeness (QED) is 0.774. The summed E-state index contributed by atoms with van der Waals surface area (Å²) in [5, 5.41) is 5.36. The molecule has 1 aliphatic carbocycles. The third kappa shape index (κ3) is 3.42. The Balaban J connectivity index is 1.56. The highest BCUT2D eigenvalue weighted by atomic mass is 35.5. The zero-order valence-electron chi connectivity index (χ0n) is 12.0. The molecule has 0 saturated heterocycles. The predicted molar refractivity (Wildman–Crippen MR) is 90.2 cm³/mol. The van der Waals surface area contributed by atoms with E-state index in [1.807, 2.05) is 30.3 Å². The summed E-state index contributed by atoms with van der Waals surface area (Å²) < 4.78 is 0. The molecule has 0 aromatic heterocycles. The van der Waals surface area contributed by atoms with Crippen molar-refractivity contribution < 1.29 is 0 Å². The molecular formula is C18H19Cl2N. The third-order valence-electron chi connectivity index (χ3n) is 4.32. The van der Waals surface area contributed by atoms with Crippen molar-refractivity contribution in [2.75, 3.05) is 0 Å². The van der Waals surface area contributed by atoms with E-state index >= 15 is 0 Å². The van der Waals surface area contributed by atoms with Gasteiger partial charge in [0, 0.05) is 22.1 Å². The van der Waals surface area contributed by atoms with Crippen LogP contribution in [0.4, 0.5) is 0 Å². The van der Waals surface area contributed by atoms with Gasteiger partial charge in [0.25, 0.3) is 0 Å². The first-order chi connectivity index (χ1) is 10.1. The number of halogens is 2. The molecule has 2 aromatic carbocycles. The third-order valence-corrected chi connectivity index (χ3v) is 4.90. The number of hydrogen-bond acceptors (Lipinski definition) is 1. The van der Waals surface area contributed by atoms with E-state index in [4.69, 9.17) is 23.2 Å². The van der Waals surface area contributed by atoms with Crippen molar-refractivity contribution in [1.29, 1.82) is 0 Å². The highest BCUT2D eigenvalue weighted by Gasteiger charge is 2.32. The molecule has 3 heteroatoms. The molecule has 1 atom stereocenters. The molecule has 0 aliphatic heterocycles. The van der Waals surface area contributed by atoms with E-state index in [0.717, 1.165) is 22.9 Å². The van der Waals surface area contributed by atoms with E-state index < -0.39 is 0 Å². The smallest absolute Gasteiger partial charge is 0.0440 e. The Morgan fingerprint density at radius 1 is 1.05 bits per heavy atom. The number of benzene rings is 2. The summed E-state index contributed by atoms with van der Waals surface area (Å²) in [5.41, 5.74) is 2.52. The Hall–Kier alpha value is -1.02. The maximum atomic E-state index is 6.26. The molecule has 1 aliphatic rings. The summed E-state index contributed by atoms with van der Waals surface area (Å²) in [6.07, 6.45) is 2.29. The summed E-state index contributed by atoms with van der Waals surface area (Å²) in [7, 11) is 0. The Labute approximate surface area is 136 Å². The minimum Gasteiger partial charge on any atom is -0.307 e. The summed E-state index contributed by atoms with van der Waals surface area (Å²) in [6, 6.07) is 17.1. The van der Waals surface area contributed by atoms with Crippen LogP contribution in [0, 0.1) is 0 Å². The van der Waals surface area contributed by atoms with Gasteiger partial charge in [-0.25, -0.2) is 0 Å². The minimum atomic E-state index is 0.320. The average molecular weight is 320 g/mol. The predicted octanol–water partition coefficient (Wildman–Crippen LogP) is 5.59. The molecule has 0 spiro atoms. The van der Waals surface area contributed by atoms with Gasteiger partial charge in [-0.15, -0.1) is 0 Å². The first kappa shape index (κ1) is 14.9. The summed E-state index contributed by atoms with van der Waals surface area (Å²) in [6.45, 7) is 2.19. The van der Waals surface area contributed by atoms with Crippen LogP contribution in [0.5, 0.6) is 0 Å². The minimum absolute atomic E-state index is 0.320. The van der Waals surface area contributed by atoms with Crippen molar-refractivity contribution in [3.63, 3.8) is 0 Å². The second-order valence-electron chi connectivity index (χ2n) is 5.83. The maximum Gasteiger partial charge on any atom is 0.0440 e. The van der Waals surface area contributed by atoms with Gasteiger partial charge < -0.3 is 5.32 Å². The van der Waals surface area contributed by atoms with Gasteiger partial charge in [0.2, 0.25) is 0 Å². The molecule has 0 heterocycles. The van der Waals surface area contributed by atoms with E-state index in [9.17, 15) is 0 Å². The standard InChI is InChI=1S/C18H19Cl2N/c1-12(13-5-4-6-15(19)9-13)21-16-10-14(11-16)17-7-2-3-8-18(17)20/h2-9,12,14,16,21H,10-11H2,1H3. The van der Waals surface area contributed by atoms with Crippen molar-refractivity contribution in [3.8, 4) is 0 Å². The van der Waals surface area contributed by atoms with Gasteiger partial charge in [0.15, 0.2) is 0 Å². The maximum absolute atomic E-state index is 6.26. The number of rotatable bonds is 4. The largest absolute Gasteiger partial charge is 0.307 e. The first-order valence-corrected chi connectivity index (χ1v) is 8.15. The van der Waals surface area contributed by atoms with Crippen LogP contribution in [-0.2, 0) is 0 Å². The lowest BCUT2D eigenvalue weighted by atomic mass is 9.75. The molecule has 21 heavy (non-hydrogen) atoms. The molecule has 1 fully saturated rings. The number of hydrogen-bond donors (Lipinski definition) is 1. The molecule has 0 amide bonds. The number of nitrogens with one attached hydrogen (secondary N) is 1. The molecule has 0 bridgehead atoms. The van der Waals surface area contributed by atoms with Gasteiger partial charge in [-0.3, -0.25) is 0 Å². The van der Waals surface area contributed by atoms with Crippen LogP contribution in [0.3, 0.4) is 0 Å². The molecule has 1 saturated carbocycles. The fourth-order valence-electron chi connectivity index (χ4n) is 3.04. The fourth-order valence-corrected chi connectivity index (χ4v) is 3.53. The summed E-state index contributed by atoms with van der Waals surface area (Å²) in [4.78, 5) is 0. The van der Waals surface area contributed by atoms with Crippen LogP contribution in [0.2, 0.25) is 10.0 Å². The van der Waals surface area contributed by atoms with Gasteiger partial charge in [-0.2, -0.15) is 0 Å². The Bertz CT molecular complexity index is 620. The van der Waals surface area contributed by atoms with E-state index in [0.29, 0.717) is 18.0 Å². The molecule has 1 N–H and O–H groups in total. The first-order valence-electron chi connectivity index (χ1n) is 7.39. The Morgan fingerprint density at radius 2 is 1.81 bits per heavy atom. The van der Waals surface area contributed by atoms with Crippen LogP contribution in [0.1, 0.15) is 42.9 Å². The summed E-state index contributed by atoms with van der Waals surface area (Å²) in [5.74, 6) is 0.586. The lowest BCUT2D eigenvalue weighted by Gasteiger charge is -2.38.